The maximum absolute atomic E-state index is 13.7. The number of ketones is 1. The van der Waals surface area contributed by atoms with Crippen molar-refractivity contribution >= 4 is 45.0 Å². The molecule has 3 amide bonds. The molecule has 3 aromatic rings. The zero-order valence-corrected chi connectivity index (χ0v) is 25.4. The van der Waals surface area contributed by atoms with E-state index in [0.717, 1.165) is 19.3 Å². The number of hydrogen-bond donors (Lipinski definition) is 4. The standard InChI is InChI=1S/C31H36N6O6S/c1-30(15-6-16-30)20-24(28(40)34-31(17-7-18-31)26(38)29(41)33-25-14-19-37(2)35-25)32-27(39)21-10-12-22(13-11-21)36-44(42,43)23-8-4-3-5-9-23/h3-5,8-14,19,24,36H,6-7,15-18,20H2,1-2H3,(H,32,39)(H,34,40)(H,33,35,41). The minimum absolute atomic E-state index is 0.108. The van der Waals surface area contributed by atoms with Crippen molar-refractivity contribution < 1.29 is 27.6 Å². The van der Waals surface area contributed by atoms with Gasteiger partial charge in [-0.15, -0.1) is 0 Å². The molecule has 2 saturated carbocycles. The molecule has 2 fully saturated rings. The quantitative estimate of drug-likeness (QED) is 0.226. The van der Waals surface area contributed by atoms with Gasteiger partial charge in [-0.05, 0) is 80.3 Å². The third-order valence-electron chi connectivity index (χ3n) is 8.50. The monoisotopic (exact) mass is 620 g/mol. The topological polar surface area (TPSA) is 168 Å². The van der Waals surface area contributed by atoms with E-state index in [2.05, 4.69) is 32.7 Å². The lowest BCUT2D eigenvalue weighted by Gasteiger charge is -2.43. The lowest BCUT2D eigenvalue weighted by atomic mass is 9.66. The van der Waals surface area contributed by atoms with Crippen LogP contribution in [0.1, 0.15) is 62.2 Å². The van der Waals surface area contributed by atoms with Crippen LogP contribution in [0.15, 0.2) is 71.8 Å². The number of carbonyl (C=O) groups excluding carboxylic acids is 4. The molecule has 2 aliphatic rings. The number of amides is 3. The number of nitrogens with one attached hydrogen (secondary N) is 4. The number of rotatable bonds is 12. The van der Waals surface area contributed by atoms with Crippen LogP contribution >= 0.6 is 0 Å². The van der Waals surface area contributed by atoms with Crippen LogP contribution in [0.25, 0.3) is 0 Å². The van der Waals surface area contributed by atoms with Gasteiger partial charge in [-0.25, -0.2) is 8.42 Å². The summed E-state index contributed by atoms with van der Waals surface area (Å²) < 4.78 is 29.3. The summed E-state index contributed by atoms with van der Waals surface area (Å²) in [6, 6.07) is 14.4. The number of anilines is 2. The summed E-state index contributed by atoms with van der Waals surface area (Å²) in [5.74, 6) is -2.44. The molecule has 44 heavy (non-hydrogen) atoms. The Labute approximate surface area is 256 Å². The zero-order valence-electron chi connectivity index (χ0n) is 24.6. The molecule has 0 aliphatic heterocycles. The number of sulfonamides is 1. The van der Waals surface area contributed by atoms with E-state index in [4.69, 9.17) is 0 Å². The van der Waals surface area contributed by atoms with Gasteiger partial charge in [-0.2, -0.15) is 5.10 Å². The van der Waals surface area contributed by atoms with Gasteiger partial charge in [0.1, 0.15) is 11.6 Å². The number of Topliss-reactive ketones (excluding diaryl/α,β-unsaturated/α-hetero) is 1. The summed E-state index contributed by atoms with van der Waals surface area (Å²) in [5, 5.41) is 12.2. The van der Waals surface area contributed by atoms with Gasteiger partial charge < -0.3 is 16.0 Å². The Kier molecular flexibility index (Phi) is 8.60. The highest BCUT2D eigenvalue weighted by atomic mass is 32.2. The maximum atomic E-state index is 13.7. The Morgan fingerprint density at radius 3 is 2.14 bits per heavy atom. The second kappa shape index (κ2) is 12.2. The molecule has 232 valence electrons. The van der Waals surface area contributed by atoms with Gasteiger partial charge in [0.25, 0.3) is 21.8 Å². The summed E-state index contributed by atoms with van der Waals surface area (Å²) in [7, 11) is -2.12. The van der Waals surface area contributed by atoms with Crippen molar-refractivity contribution in [1.29, 1.82) is 0 Å². The molecule has 2 aliphatic carbocycles. The van der Waals surface area contributed by atoms with Gasteiger partial charge in [0.05, 0.1) is 4.90 Å². The predicted molar refractivity (Wildman–Crippen MR) is 163 cm³/mol. The molecule has 4 N–H and O–H groups in total. The highest BCUT2D eigenvalue weighted by Crippen LogP contribution is 2.44. The van der Waals surface area contributed by atoms with Crippen molar-refractivity contribution in [3.63, 3.8) is 0 Å². The van der Waals surface area contributed by atoms with E-state index in [1.807, 2.05) is 0 Å². The van der Waals surface area contributed by atoms with E-state index in [-0.39, 0.29) is 27.4 Å². The third-order valence-corrected chi connectivity index (χ3v) is 9.90. The molecule has 2 aromatic carbocycles. The summed E-state index contributed by atoms with van der Waals surface area (Å²) in [4.78, 5) is 53.1. The van der Waals surface area contributed by atoms with E-state index in [1.54, 1.807) is 37.5 Å². The van der Waals surface area contributed by atoms with E-state index in [0.29, 0.717) is 25.7 Å². The first-order valence-corrected chi connectivity index (χ1v) is 16.0. The van der Waals surface area contributed by atoms with Crippen LogP contribution in [0.3, 0.4) is 0 Å². The van der Waals surface area contributed by atoms with Crippen LogP contribution in [0.5, 0.6) is 0 Å². The maximum Gasteiger partial charge on any atom is 0.295 e. The van der Waals surface area contributed by atoms with Gasteiger partial charge in [-0.3, -0.25) is 28.6 Å². The number of nitrogens with zero attached hydrogens (tertiary/aromatic N) is 2. The Hall–Kier alpha value is -4.52. The third kappa shape index (κ3) is 6.83. The molecule has 13 heteroatoms. The molecule has 1 atom stereocenters. The number of benzene rings is 2. The first-order valence-electron chi connectivity index (χ1n) is 14.5. The number of carbonyl (C=O) groups is 4. The smallest absolute Gasteiger partial charge is 0.295 e. The molecule has 0 bridgehead atoms. The van der Waals surface area contributed by atoms with Gasteiger partial charge in [0.15, 0.2) is 5.82 Å². The van der Waals surface area contributed by atoms with Crippen molar-refractivity contribution in [2.24, 2.45) is 12.5 Å². The van der Waals surface area contributed by atoms with E-state index in [1.165, 1.54) is 41.1 Å². The fourth-order valence-corrected chi connectivity index (χ4v) is 6.65. The van der Waals surface area contributed by atoms with Gasteiger partial charge in [-0.1, -0.05) is 31.5 Å². The molecule has 0 radical (unpaired) electrons. The lowest BCUT2D eigenvalue weighted by molar-refractivity contribution is -0.144. The number of aromatic nitrogens is 2. The first kappa shape index (κ1) is 30.9. The Morgan fingerprint density at radius 1 is 0.932 bits per heavy atom. The fraction of sp³-hybridized carbons (Fsp3) is 0.387. The van der Waals surface area contributed by atoms with E-state index < -0.39 is 45.1 Å². The predicted octanol–water partition coefficient (Wildman–Crippen LogP) is 3.15. The molecular weight excluding hydrogens is 584 g/mol. The molecule has 1 unspecified atom stereocenters. The number of aryl methyl sites for hydroxylation is 1. The average molecular weight is 621 g/mol. The largest absolute Gasteiger partial charge is 0.341 e. The van der Waals surface area contributed by atoms with Crippen molar-refractivity contribution in [3.8, 4) is 0 Å². The van der Waals surface area contributed by atoms with Crippen LogP contribution in [-0.2, 0) is 31.5 Å². The summed E-state index contributed by atoms with van der Waals surface area (Å²) in [6.45, 7) is 2.06. The Balaban J connectivity index is 1.27. The average Bonchev–Trinajstić information content (AvgIpc) is 3.37. The van der Waals surface area contributed by atoms with Gasteiger partial charge in [0, 0.05) is 30.6 Å². The van der Waals surface area contributed by atoms with Crippen molar-refractivity contribution in [2.45, 2.75) is 68.3 Å². The molecule has 1 aromatic heterocycles. The van der Waals surface area contributed by atoms with Crippen molar-refractivity contribution in [1.82, 2.24) is 20.4 Å². The minimum atomic E-state index is -3.80. The Morgan fingerprint density at radius 2 is 1.59 bits per heavy atom. The minimum Gasteiger partial charge on any atom is -0.341 e. The SMILES string of the molecule is Cn1ccc(NC(=O)C(=O)C2(NC(=O)C(CC3(C)CCC3)NC(=O)c3ccc(NS(=O)(=O)c4ccccc4)cc3)CCC2)n1. The second-order valence-electron chi connectivity index (χ2n) is 12.0. The van der Waals surface area contributed by atoms with Gasteiger partial charge >= 0.3 is 0 Å². The van der Waals surface area contributed by atoms with Crippen molar-refractivity contribution in [2.75, 3.05) is 10.0 Å². The molecule has 1 heterocycles. The van der Waals surface area contributed by atoms with Crippen LogP contribution in [0.2, 0.25) is 0 Å². The summed E-state index contributed by atoms with van der Waals surface area (Å²) in [5.41, 5.74) is -0.997. The summed E-state index contributed by atoms with van der Waals surface area (Å²) >= 11 is 0. The zero-order chi connectivity index (χ0) is 31.5. The second-order valence-corrected chi connectivity index (χ2v) is 13.7. The highest BCUT2D eigenvalue weighted by Gasteiger charge is 2.49. The van der Waals surface area contributed by atoms with Crippen LogP contribution in [-0.4, -0.2) is 53.3 Å². The normalized spacial score (nSPS) is 17.2. The van der Waals surface area contributed by atoms with Crippen LogP contribution < -0.4 is 20.7 Å². The van der Waals surface area contributed by atoms with E-state index in [9.17, 15) is 27.6 Å². The summed E-state index contributed by atoms with van der Waals surface area (Å²) in [6.07, 6.45) is 6.11. The van der Waals surface area contributed by atoms with E-state index >= 15 is 0 Å². The van der Waals surface area contributed by atoms with Crippen LogP contribution in [0, 0.1) is 5.41 Å². The number of hydrogen-bond acceptors (Lipinski definition) is 7. The highest BCUT2D eigenvalue weighted by molar-refractivity contribution is 7.92. The lowest BCUT2D eigenvalue weighted by Crippen LogP contribution is -2.65. The molecule has 0 saturated heterocycles. The molecule has 0 spiro atoms. The Bertz CT molecular complexity index is 1660. The van der Waals surface area contributed by atoms with Gasteiger partial charge in [0.2, 0.25) is 11.7 Å². The molecular formula is C31H36N6O6S. The first-order chi connectivity index (χ1) is 20.9. The van der Waals surface area contributed by atoms with Crippen LogP contribution in [0.4, 0.5) is 11.5 Å². The fourth-order valence-electron chi connectivity index (χ4n) is 5.57. The van der Waals surface area contributed by atoms with Crippen molar-refractivity contribution in [3.05, 3.63) is 72.4 Å². The molecule has 12 nitrogen and oxygen atoms in total. The molecule has 5 rings (SSSR count).